The Morgan fingerprint density at radius 1 is 1.42 bits per heavy atom. The van der Waals surface area contributed by atoms with Crippen LogP contribution in [0.3, 0.4) is 0 Å². The maximum atomic E-state index is 12.1. The van der Waals surface area contributed by atoms with E-state index in [-0.39, 0.29) is 24.9 Å². The van der Waals surface area contributed by atoms with E-state index in [2.05, 4.69) is 15.5 Å². The van der Waals surface area contributed by atoms with Crippen LogP contribution in [0, 0.1) is 12.8 Å². The zero-order valence-electron chi connectivity index (χ0n) is 13.5. The first-order valence-electron chi connectivity index (χ1n) is 7.46. The highest BCUT2D eigenvalue weighted by Gasteiger charge is 2.11. The van der Waals surface area contributed by atoms with E-state index in [4.69, 9.17) is 14.4 Å². The number of hydrogen-bond acceptors (Lipinski definition) is 6. The number of nitrogens with one attached hydrogen (secondary N) is 1. The van der Waals surface area contributed by atoms with Gasteiger partial charge < -0.3 is 19.7 Å². The standard InChI is InChI=1S/C16H19N3O5/c1-10(6-15(20)21)8-17-16(22)12-4-3-5-13(7-12)23-9-14-18-11(2)24-19-14/h3-5,7,10H,6,8-9H2,1-2H3,(H,17,22)(H,20,21). The molecule has 0 saturated heterocycles. The van der Waals surface area contributed by atoms with E-state index in [0.29, 0.717) is 29.6 Å². The van der Waals surface area contributed by atoms with E-state index < -0.39 is 5.97 Å². The van der Waals surface area contributed by atoms with Gasteiger partial charge >= 0.3 is 5.97 Å². The number of aryl methyl sites for hydroxylation is 1. The molecule has 8 nitrogen and oxygen atoms in total. The van der Waals surface area contributed by atoms with Crippen LogP contribution in [0.4, 0.5) is 0 Å². The molecule has 0 saturated carbocycles. The summed E-state index contributed by atoms with van der Waals surface area (Å²) in [5, 5.41) is 15.1. The fraction of sp³-hybridized carbons (Fsp3) is 0.375. The number of aliphatic carboxylic acids is 1. The van der Waals surface area contributed by atoms with Crippen LogP contribution in [0.15, 0.2) is 28.8 Å². The second-order valence-electron chi connectivity index (χ2n) is 5.46. The van der Waals surface area contributed by atoms with Gasteiger partial charge in [0.25, 0.3) is 5.91 Å². The van der Waals surface area contributed by atoms with Gasteiger partial charge in [-0.3, -0.25) is 9.59 Å². The van der Waals surface area contributed by atoms with Crippen molar-refractivity contribution in [3.8, 4) is 5.75 Å². The average Bonchev–Trinajstić information content (AvgIpc) is 2.96. The van der Waals surface area contributed by atoms with Gasteiger partial charge in [0.2, 0.25) is 11.7 Å². The van der Waals surface area contributed by atoms with Gasteiger partial charge in [0.05, 0.1) is 0 Å². The molecule has 2 N–H and O–H groups in total. The van der Waals surface area contributed by atoms with Crippen LogP contribution in [0.1, 0.15) is 35.4 Å². The third kappa shape index (κ3) is 5.38. The summed E-state index contributed by atoms with van der Waals surface area (Å²) < 4.78 is 10.4. The summed E-state index contributed by atoms with van der Waals surface area (Å²) in [5.41, 5.74) is 0.430. The molecule has 0 bridgehead atoms. The Morgan fingerprint density at radius 3 is 2.88 bits per heavy atom. The van der Waals surface area contributed by atoms with Crippen LogP contribution in [-0.2, 0) is 11.4 Å². The fourth-order valence-corrected chi connectivity index (χ4v) is 2.01. The lowest BCUT2D eigenvalue weighted by Crippen LogP contribution is -2.29. The minimum absolute atomic E-state index is 0.00749. The molecule has 24 heavy (non-hydrogen) atoms. The minimum atomic E-state index is -0.885. The lowest BCUT2D eigenvalue weighted by Gasteiger charge is -2.11. The SMILES string of the molecule is Cc1nc(COc2cccc(C(=O)NCC(C)CC(=O)O)c2)no1. The molecule has 128 valence electrons. The number of carbonyl (C=O) groups is 2. The summed E-state index contributed by atoms with van der Waals surface area (Å²) in [6.45, 7) is 3.88. The van der Waals surface area contributed by atoms with Crippen molar-refractivity contribution in [1.29, 1.82) is 0 Å². The van der Waals surface area contributed by atoms with E-state index in [1.807, 2.05) is 0 Å². The quantitative estimate of drug-likeness (QED) is 0.757. The average molecular weight is 333 g/mol. The molecule has 1 atom stereocenters. The molecule has 1 aromatic heterocycles. The molecule has 0 aliphatic carbocycles. The van der Waals surface area contributed by atoms with Crippen molar-refractivity contribution in [3.05, 3.63) is 41.5 Å². The molecule has 1 aromatic carbocycles. The summed E-state index contributed by atoms with van der Waals surface area (Å²) in [6.07, 6.45) is 0.00749. The Balaban J connectivity index is 1.89. The zero-order chi connectivity index (χ0) is 17.5. The molecule has 1 unspecified atom stereocenters. The Morgan fingerprint density at radius 2 is 2.21 bits per heavy atom. The van der Waals surface area contributed by atoms with Crippen LogP contribution in [0.25, 0.3) is 0 Å². The van der Waals surface area contributed by atoms with Crippen LogP contribution in [0.5, 0.6) is 5.75 Å². The summed E-state index contributed by atoms with van der Waals surface area (Å²) in [4.78, 5) is 26.7. The lowest BCUT2D eigenvalue weighted by atomic mass is 10.1. The highest BCUT2D eigenvalue weighted by atomic mass is 16.5. The fourth-order valence-electron chi connectivity index (χ4n) is 2.01. The minimum Gasteiger partial charge on any atom is -0.485 e. The van der Waals surface area contributed by atoms with Crippen molar-refractivity contribution < 1.29 is 24.0 Å². The zero-order valence-corrected chi connectivity index (χ0v) is 13.5. The first kappa shape index (κ1) is 17.5. The van der Waals surface area contributed by atoms with Gasteiger partial charge in [-0.05, 0) is 24.1 Å². The molecule has 1 heterocycles. The summed E-state index contributed by atoms with van der Waals surface area (Å²) in [7, 11) is 0. The number of amides is 1. The third-order valence-corrected chi connectivity index (χ3v) is 3.17. The van der Waals surface area contributed by atoms with Crippen molar-refractivity contribution >= 4 is 11.9 Å². The highest BCUT2D eigenvalue weighted by molar-refractivity contribution is 5.94. The van der Waals surface area contributed by atoms with Crippen molar-refractivity contribution in [2.24, 2.45) is 5.92 Å². The number of carboxylic acid groups (broad SMARTS) is 1. The number of ether oxygens (including phenoxy) is 1. The highest BCUT2D eigenvalue weighted by Crippen LogP contribution is 2.15. The summed E-state index contributed by atoms with van der Waals surface area (Å²) in [6, 6.07) is 6.68. The molecule has 0 spiro atoms. The van der Waals surface area contributed by atoms with Crippen molar-refractivity contribution in [2.45, 2.75) is 26.9 Å². The first-order chi connectivity index (χ1) is 11.4. The first-order valence-corrected chi connectivity index (χ1v) is 7.46. The molecule has 2 aromatic rings. The van der Waals surface area contributed by atoms with Crippen LogP contribution in [0.2, 0.25) is 0 Å². The van der Waals surface area contributed by atoms with Crippen molar-refractivity contribution in [3.63, 3.8) is 0 Å². The number of nitrogens with zero attached hydrogens (tertiary/aromatic N) is 2. The van der Waals surface area contributed by atoms with Gasteiger partial charge in [0.1, 0.15) is 5.75 Å². The second kappa shape index (κ2) is 8.09. The maximum absolute atomic E-state index is 12.1. The van der Waals surface area contributed by atoms with Crippen LogP contribution in [-0.4, -0.2) is 33.7 Å². The number of carboxylic acids is 1. The normalized spacial score (nSPS) is 11.8. The number of hydrogen-bond donors (Lipinski definition) is 2. The molecule has 0 fully saturated rings. The monoisotopic (exact) mass is 333 g/mol. The molecular formula is C16H19N3O5. The Labute approximate surface area is 138 Å². The van der Waals surface area contributed by atoms with E-state index in [1.165, 1.54) is 0 Å². The van der Waals surface area contributed by atoms with Gasteiger partial charge in [-0.2, -0.15) is 4.98 Å². The smallest absolute Gasteiger partial charge is 0.303 e. The Hall–Kier alpha value is -2.90. The van der Waals surface area contributed by atoms with Crippen molar-refractivity contribution in [2.75, 3.05) is 6.54 Å². The maximum Gasteiger partial charge on any atom is 0.303 e. The summed E-state index contributed by atoms with van der Waals surface area (Å²) >= 11 is 0. The van der Waals surface area contributed by atoms with Gasteiger partial charge in [-0.15, -0.1) is 0 Å². The number of carbonyl (C=O) groups excluding carboxylic acids is 1. The molecule has 0 radical (unpaired) electrons. The van der Waals surface area contributed by atoms with Gasteiger partial charge in [-0.25, -0.2) is 0 Å². The van der Waals surface area contributed by atoms with Crippen LogP contribution < -0.4 is 10.1 Å². The molecule has 0 aliphatic heterocycles. The van der Waals surface area contributed by atoms with E-state index in [0.717, 1.165) is 0 Å². The van der Waals surface area contributed by atoms with E-state index >= 15 is 0 Å². The molecule has 8 heteroatoms. The molecule has 0 aliphatic rings. The van der Waals surface area contributed by atoms with E-state index in [9.17, 15) is 9.59 Å². The van der Waals surface area contributed by atoms with E-state index in [1.54, 1.807) is 38.1 Å². The molecule has 1 amide bonds. The predicted octanol–water partition coefficient (Wildman–Crippen LogP) is 1.80. The van der Waals surface area contributed by atoms with Gasteiger partial charge in [0, 0.05) is 25.5 Å². The predicted molar refractivity (Wildman–Crippen MR) is 83.6 cm³/mol. The Bertz CT molecular complexity index is 713. The largest absolute Gasteiger partial charge is 0.485 e. The molecule has 2 rings (SSSR count). The second-order valence-corrected chi connectivity index (χ2v) is 5.46. The number of aromatic nitrogens is 2. The number of rotatable bonds is 8. The third-order valence-electron chi connectivity index (χ3n) is 3.17. The van der Waals surface area contributed by atoms with Crippen LogP contribution >= 0.6 is 0 Å². The van der Waals surface area contributed by atoms with Gasteiger partial charge in [0.15, 0.2) is 6.61 Å². The van der Waals surface area contributed by atoms with Gasteiger partial charge in [-0.1, -0.05) is 18.1 Å². The number of benzene rings is 1. The van der Waals surface area contributed by atoms with Crippen molar-refractivity contribution in [1.82, 2.24) is 15.5 Å². The summed E-state index contributed by atoms with van der Waals surface area (Å²) in [5.74, 6) is 0.0649. The molecular weight excluding hydrogens is 314 g/mol. The Kier molecular flexibility index (Phi) is 5.89. The topological polar surface area (TPSA) is 115 Å². The lowest BCUT2D eigenvalue weighted by molar-refractivity contribution is -0.137.